The number of aliphatic carboxylic acids is 1. The molecule has 1 aliphatic heterocycles. The highest BCUT2D eigenvalue weighted by Gasteiger charge is 2.46. The lowest BCUT2D eigenvalue weighted by Gasteiger charge is -2.16. The second kappa shape index (κ2) is 13.9. The molecule has 2 aromatic heterocycles. The van der Waals surface area contributed by atoms with Gasteiger partial charge in [0.1, 0.15) is 47.7 Å². The molecule has 6 atom stereocenters. The number of rotatable bonds is 12. The number of carboxylic acids is 1. The van der Waals surface area contributed by atoms with E-state index in [9.17, 15) is 31.8 Å². The number of ether oxygens (including phenoxy) is 1. The van der Waals surface area contributed by atoms with E-state index >= 15 is 0 Å². The van der Waals surface area contributed by atoms with Crippen molar-refractivity contribution in [2.45, 2.75) is 49.8 Å². The van der Waals surface area contributed by atoms with Crippen LogP contribution in [0.5, 0.6) is 0 Å². The topological polar surface area (TPSA) is 291 Å². The van der Waals surface area contributed by atoms with Crippen LogP contribution in [0.4, 0.5) is 5.82 Å². The van der Waals surface area contributed by atoms with Gasteiger partial charge in [-0.15, -0.1) is 0 Å². The molecule has 1 aliphatic rings. The number of anilines is 1. The fraction of sp³-hybridized carbons (Fsp3) is 0.684. The van der Waals surface area contributed by atoms with E-state index in [1.54, 1.807) is 0 Å². The molecule has 0 bridgehead atoms. The van der Waals surface area contributed by atoms with Crippen molar-refractivity contribution in [2.75, 3.05) is 35.0 Å². The highest BCUT2D eigenvalue weighted by Crippen LogP contribution is 2.32. The molecular weight excluding hydrogens is 584 g/mol. The molecule has 1 saturated heterocycles. The van der Waals surface area contributed by atoms with E-state index in [0.29, 0.717) is 29.1 Å². The van der Waals surface area contributed by atoms with Crippen LogP contribution in [0.3, 0.4) is 0 Å². The number of fused-ring (bicyclic) bond motifs is 1. The van der Waals surface area contributed by atoms with Crippen LogP contribution in [0.2, 0.25) is 0 Å². The number of aliphatic hydroxyl groups is 2. The molecule has 3 rings (SSSR count). The van der Waals surface area contributed by atoms with Gasteiger partial charge in [0.25, 0.3) is 20.2 Å². The first-order chi connectivity index (χ1) is 18.0. The number of hydrogen-bond donors (Lipinski definition) is 7. The normalized spacial score (nSPS) is 23.2. The molecule has 1 unspecified atom stereocenters. The second-order valence-electron chi connectivity index (χ2n) is 8.79. The second-order valence-corrected chi connectivity index (χ2v) is 14.2. The Kier molecular flexibility index (Phi) is 11.8. The standard InChI is InChI=1S/C15H22N6O5S.C4H10O6S2/c1-27(3-2-7(16)15(24)25)4-8-10(22)11(23)14(26-8)21-6-20-9-12(17)18-5-19-13(9)21;5-11(6,7)3-1-2-4-12(8,9)10/h5-8,10-11,14,22-23H,2-4,16H2,1H3,(H2-,17,18,19,24,25);1-4H2,(H,5,6,7)(H,8,9,10)/p+1/t7-,8+,10+,11+,14+,27?;/m0./s1. The van der Waals surface area contributed by atoms with E-state index in [4.69, 9.17) is 30.4 Å². The Hall–Kier alpha value is -2.17. The first-order valence-electron chi connectivity index (χ1n) is 11.4. The number of nitrogen functional groups attached to an aromatic ring is 1. The van der Waals surface area contributed by atoms with Crippen molar-refractivity contribution >= 4 is 54.1 Å². The molecule has 1 fully saturated rings. The highest BCUT2D eigenvalue weighted by molar-refractivity contribution is 7.96. The quantitative estimate of drug-likeness (QED) is 0.0743. The average Bonchev–Trinajstić information content (AvgIpc) is 3.37. The highest BCUT2D eigenvalue weighted by atomic mass is 32.2. The lowest BCUT2D eigenvalue weighted by Crippen LogP contribution is -2.37. The zero-order chi connectivity index (χ0) is 29.5. The summed E-state index contributed by atoms with van der Waals surface area (Å²) in [7, 11) is -8.27. The van der Waals surface area contributed by atoms with Crippen molar-refractivity contribution in [3.63, 3.8) is 0 Å². The van der Waals surface area contributed by atoms with Crippen molar-refractivity contribution in [1.29, 1.82) is 0 Å². The third-order valence-electron chi connectivity index (χ3n) is 5.60. The number of carboxylic acid groups (broad SMARTS) is 1. The summed E-state index contributed by atoms with van der Waals surface area (Å²) in [4.78, 5) is 23.0. The Morgan fingerprint density at radius 3 is 2.23 bits per heavy atom. The monoisotopic (exact) mass is 617 g/mol. The first-order valence-corrected chi connectivity index (χ1v) is 16.6. The maximum Gasteiger partial charge on any atom is 0.320 e. The SMILES string of the molecule is C[S+](CC[C@H](N)C(=O)O)C[C@H]1O[C@@H](n2cnc3c(N)ncnc32)[C@H](O)[C@@H]1O.O=S(=O)(O)CCCCS(=O)(=O)O. The van der Waals surface area contributed by atoms with Gasteiger partial charge in [-0.1, -0.05) is 0 Å². The molecule has 0 radical (unpaired) electrons. The predicted octanol–water partition coefficient (Wildman–Crippen LogP) is -2.38. The molecule has 0 saturated carbocycles. The van der Waals surface area contributed by atoms with Crippen LogP contribution in [-0.2, 0) is 40.7 Å². The molecular formula is C19H33N6O11S3+. The maximum atomic E-state index is 10.8. The summed E-state index contributed by atoms with van der Waals surface area (Å²) in [6.45, 7) is 0. The van der Waals surface area contributed by atoms with Crippen molar-refractivity contribution in [1.82, 2.24) is 19.5 Å². The third-order valence-corrected chi connectivity index (χ3v) is 9.04. The number of unbranched alkanes of at least 4 members (excludes halogenated alkanes) is 1. The fourth-order valence-electron chi connectivity index (χ4n) is 3.54. The number of hydrogen-bond acceptors (Lipinski definition) is 13. The van der Waals surface area contributed by atoms with Gasteiger partial charge in [0.05, 0.1) is 24.1 Å². The van der Waals surface area contributed by atoms with E-state index < -0.39 is 68.3 Å². The number of carbonyl (C=O) groups is 1. The van der Waals surface area contributed by atoms with Gasteiger partial charge in [-0.25, -0.2) is 15.0 Å². The minimum absolute atomic E-state index is 0.0125. The van der Waals surface area contributed by atoms with E-state index in [0.717, 1.165) is 0 Å². The summed E-state index contributed by atoms with van der Waals surface area (Å²) in [6.07, 6.45) is 1.33. The summed E-state index contributed by atoms with van der Waals surface area (Å²) in [6, 6.07) is -0.907. The van der Waals surface area contributed by atoms with Gasteiger partial charge >= 0.3 is 5.97 Å². The number of nitrogens with two attached hydrogens (primary N) is 2. The zero-order valence-electron chi connectivity index (χ0n) is 20.8. The number of nitrogens with zero attached hydrogens (tertiary/aromatic N) is 4. The number of aromatic nitrogens is 4. The Morgan fingerprint density at radius 2 is 1.69 bits per heavy atom. The van der Waals surface area contributed by atoms with E-state index in [1.807, 2.05) is 6.26 Å². The van der Waals surface area contributed by atoms with Gasteiger partial charge in [-0.3, -0.25) is 18.5 Å². The van der Waals surface area contributed by atoms with Crippen LogP contribution < -0.4 is 11.5 Å². The number of aliphatic hydroxyl groups excluding tert-OH is 2. The summed E-state index contributed by atoms with van der Waals surface area (Å²) < 4.78 is 64.2. The number of imidazole rings is 1. The summed E-state index contributed by atoms with van der Waals surface area (Å²) in [5, 5.41) is 29.7. The Balaban J connectivity index is 0.000000377. The van der Waals surface area contributed by atoms with Crippen molar-refractivity contribution in [3.05, 3.63) is 12.7 Å². The maximum absolute atomic E-state index is 10.8. The van der Waals surface area contributed by atoms with E-state index in [-0.39, 0.29) is 29.6 Å². The minimum atomic E-state index is -4.02. The summed E-state index contributed by atoms with van der Waals surface area (Å²) >= 11 is 0. The van der Waals surface area contributed by atoms with E-state index in [2.05, 4.69) is 15.0 Å². The lowest BCUT2D eigenvalue weighted by molar-refractivity contribution is -0.138. The molecule has 9 N–H and O–H groups in total. The van der Waals surface area contributed by atoms with Crippen LogP contribution in [0.15, 0.2) is 12.7 Å². The summed E-state index contributed by atoms with van der Waals surface area (Å²) in [5.41, 5.74) is 12.1. The molecule has 0 amide bonds. The predicted molar refractivity (Wildman–Crippen MR) is 141 cm³/mol. The summed E-state index contributed by atoms with van der Waals surface area (Å²) in [5.74, 6) is -0.713. The first kappa shape index (κ1) is 33.0. The molecule has 39 heavy (non-hydrogen) atoms. The van der Waals surface area contributed by atoms with Crippen molar-refractivity contribution in [2.24, 2.45) is 5.73 Å². The Morgan fingerprint density at radius 1 is 1.10 bits per heavy atom. The molecule has 0 aromatic carbocycles. The molecule has 2 aromatic rings. The molecule has 0 spiro atoms. The smallest absolute Gasteiger partial charge is 0.320 e. The largest absolute Gasteiger partial charge is 0.480 e. The van der Waals surface area contributed by atoms with Crippen LogP contribution in [-0.4, -0.2) is 120 Å². The molecule has 222 valence electrons. The Labute approximate surface area is 227 Å². The van der Waals surface area contributed by atoms with Gasteiger partial charge in [-0.05, 0) is 23.7 Å². The van der Waals surface area contributed by atoms with Crippen LogP contribution in [0.1, 0.15) is 25.5 Å². The third kappa shape index (κ3) is 10.4. The molecule has 3 heterocycles. The lowest BCUT2D eigenvalue weighted by atomic mass is 10.1. The van der Waals surface area contributed by atoms with Gasteiger partial charge < -0.3 is 31.5 Å². The Bertz CT molecular complexity index is 1290. The van der Waals surface area contributed by atoms with Crippen molar-refractivity contribution in [3.8, 4) is 0 Å². The van der Waals surface area contributed by atoms with Crippen LogP contribution >= 0.6 is 0 Å². The molecule has 0 aliphatic carbocycles. The van der Waals surface area contributed by atoms with Crippen LogP contribution in [0.25, 0.3) is 11.2 Å². The zero-order valence-corrected chi connectivity index (χ0v) is 23.3. The van der Waals surface area contributed by atoms with Crippen molar-refractivity contribution < 1.29 is 50.8 Å². The molecule has 20 heteroatoms. The van der Waals surface area contributed by atoms with Gasteiger partial charge in [0, 0.05) is 6.42 Å². The van der Waals surface area contributed by atoms with E-state index in [1.165, 1.54) is 17.2 Å². The van der Waals surface area contributed by atoms with Gasteiger partial charge in [-0.2, -0.15) is 16.8 Å². The van der Waals surface area contributed by atoms with Gasteiger partial charge in [0.2, 0.25) is 0 Å². The van der Waals surface area contributed by atoms with Gasteiger partial charge in [0.15, 0.2) is 17.7 Å². The molecule has 17 nitrogen and oxygen atoms in total. The van der Waals surface area contributed by atoms with Crippen LogP contribution in [0, 0.1) is 0 Å². The average molecular weight is 618 g/mol. The fourth-order valence-corrected chi connectivity index (χ4v) is 6.33. The minimum Gasteiger partial charge on any atom is -0.480 e.